The molecule has 0 aliphatic rings. The fourth-order valence-electron chi connectivity index (χ4n) is 0.507. The minimum absolute atomic E-state index is 0.347. The Morgan fingerprint density at radius 1 is 1.62 bits per heavy atom. The summed E-state index contributed by atoms with van der Waals surface area (Å²) in [6.07, 6.45) is 1.90. The Hall–Kier alpha value is -0.400. The van der Waals surface area contributed by atoms with Gasteiger partial charge in [-0.1, -0.05) is 13.8 Å². The smallest absolute Gasteiger partial charge is 0.0705 e. The normalized spacial score (nSPS) is 11.5. The highest BCUT2D eigenvalue weighted by Crippen LogP contribution is 2.00. The zero-order chi connectivity index (χ0) is 6.41. The minimum atomic E-state index is 0.347. The van der Waals surface area contributed by atoms with Crippen LogP contribution in [0.5, 0.6) is 0 Å². The molecule has 8 heavy (non-hydrogen) atoms. The molecule has 0 rings (SSSR count). The zero-order valence-corrected chi connectivity index (χ0v) is 5.59. The van der Waals surface area contributed by atoms with Crippen molar-refractivity contribution in [3.63, 3.8) is 0 Å². The Morgan fingerprint density at radius 2 is 2.25 bits per heavy atom. The Bertz CT molecular complexity index is 64.9. The molecule has 0 saturated carbocycles. The Kier molecular flexibility index (Phi) is 4.51. The molecule has 0 saturated heterocycles. The van der Waals surface area contributed by atoms with Crippen LogP contribution in [0.4, 0.5) is 0 Å². The van der Waals surface area contributed by atoms with E-state index >= 15 is 0 Å². The van der Waals surface area contributed by atoms with Crippen LogP contribution >= 0.6 is 0 Å². The van der Waals surface area contributed by atoms with Crippen molar-refractivity contribution in [3.8, 4) is 0 Å². The van der Waals surface area contributed by atoms with Gasteiger partial charge >= 0.3 is 0 Å². The summed E-state index contributed by atoms with van der Waals surface area (Å²) in [6, 6.07) is 0.347. The Balaban J connectivity index is 3.36. The maximum absolute atomic E-state index is 3.92. The van der Waals surface area contributed by atoms with E-state index in [4.69, 9.17) is 0 Å². The predicted molar refractivity (Wildman–Crippen MR) is 34.8 cm³/mol. The van der Waals surface area contributed by atoms with Crippen LogP contribution in [0, 0.1) is 6.92 Å². The van der Waals surface area contributed by atoms with Gasteiger partial charge in [0.15, 0.2) is 0 Å². The summed E-state index contributed by atoms with van der Waals surface area (Å²) in [5.41, 5.74) is 0. The van der Waals surface area contributed by atoms with Crippen LogP contribution in [0.3, 0.4) is 0 Å². The predicted octanol–water partition coefficient (Wildman–Crippen LogP) is 2.07. The van der Waals surface area contributed by atoms with Gasteiger partial charge < -0.3 is 0 Å². The van der Waals surface area contributed by atoms with Gasteiger partial charge in [0.2, 0.25) is 0 Å². The van der Waals surface area contributed by atoms with Gasteiger partial charge in [-0.25, -0.2) is 0 Å². The molecule has 0 bridgehead atoms. The number of hydrogen-bond donors (Lipinski definition) is 0. The SMILES string of the molecule is [CH2]CC(CC)N=NC. The number of rotatable bonds is 3. The van der Waals surface area contributed by atoms with E-state index in [1.54, 1.807) is 7.05 Å². The van der Waals surface area contributed by atoms with Crippen molar-refractivity contribution in [2.45, 2.75) is 25.8 Å². The van der Waals surface area contributed by atoms with Crippen molar-refractivity contribution < 1.29 is 0 Å². The third kappa shape index (κ3) is 2.72. The van der Waals surface area contributed by atoms with Crippen LogP contribution in [-0.2, 0) is 0 Å². The van der Waals surface area contributed by atoms with Crippen molar-refractivity contribution in [2.75, 3.05) is 7.05 Å². The molecule has 0 spiro atoms. The fraction of sp³-hybridized carbons (Fsp3) is 0.833. The van der Waals surface area contributed by atoms with E-state index in [-0.39, 0.29) is 0 Å². The summed E-state index contributed by atoms with van der Waals surface area (Å²) in [4.78, 5) is 0. The largest absolute Gasteiger partial charge is 0.197 e. The van der Waals surface area contributed by atoms with Crippen molar-refractivity contribution in [1.82, 2.24) is 0 Å². The molecular weight excluding hydrogens is 100 g/mol. The average molecular weight is 113 g/mol. The van der Waals surface area contributed by atoms with Gasteiger partial charge in [-0.05, 0) is 12.8 Å². The summed E-state index contributed by atoms with van der Waals surface area (Å²) in [5.74, 6) is 0. The highest BCUT2D eigenvalue weighted by atomic mass is 15.1. The Labute approximate surface area is 51.0 Å². The first-order valence-corrected chi connectivity index (χ1v) is 2.93. The van der Waals surface area contributed by atoms with E-state index < -0.39 is 0 Å². The van der Waals surface area contributed by atoms with E-state index in [2.05, 4.69) is 24.1 Å². The quantitative estimate of drug-likeness (QED) is 0.500. The molecule has 0 fully saturated rings. The molecule has 47 valence electrons. The van der Waals surface area contributed by atoms with Crippen molar-refractivity contribution in [2.24, 2.45) is 10.2 Å². The van der Waals surface area contributed by atoms with Crippen LogP contribution in [0.15, 0.2) is 10.2 Å². The van der Waals surface area contributed by atoms with Gasteiger partial charge in [-0.15, -0.1) is 0 Å². The average Bonchev–Trinajstić information content (AvgIpc) is 1.83. The summed E-state index contributed by atoms with van der Waals surface area (Å²) in [6.45, 7) is 5.81. The van der Waals surface area contributed by atoms with Crippen LogP contribution in [-0.4, -0.2) is 13.1 Å². The first-order valence-electron chi connectivity index (χ1n) is 2.93. The van der Waals surface area contributed by atoms with Gasteiger partial charge in [-0.3, -0.25) is 0 Å². The van der Waals surface area contributed by atoms with Gasteiger partial charge in [0.25, 0.3) is 0 Å². The molecule has 2 nitrogen and oxygen atoms in total. The van der Waals surface area contributed by atoms with Crippen molar-refractivity contribution in [3.05, 3.63) is 6.92 Å². The highest BCUT2D eigenvalue weighted by Gasteiger charge is 1.96. The molecular formula is C6H13N2. The molecule has 0 aliphatic carbocycles. The number of azo groups is 1. The second-order valence-electron chi connectivity index (χ2n) is 1.67. The minimum Gasteiger partial charge on any atom is -0.197 e. The lowest BCUT2D eigenvalue weighted by Gasteiger charge is -2.00. The fourth-order valence-corrected chi connectivity index (χ4v) is 0.507. The molecule has 1 unspecified atom stereocenters. The third-order valence-electron chi connectivity index (χ3n) is 1.08. The zero-order valence-electron chi connectivity index (χ0n) is 5.59. The maximum atomic E-state index is 3.92. The first-order chi connectivity index (χ1) is 3.85. The molecule has 2 heteroatoms. The molecule has 0 aliphatic heterocycles. The molecule has 0 N–H and O–H groups in total. The maximum Gasteiger partial charge on any atom is 0.0705 e. The lowest BCUT2D eigenvalue weighted by atomic mass is 10.2. The van der Waals surface area contributed by atoms with Crippen LogP contribution < -0.4 is 0 Å². The number of hydrogen-bond acceptors (Lipinski definition) is 2. The highest BCUT2D eigenvalue weighted by molar-refractivity contribution is 4.61. The summed E-state index contributed by atoms with van der Waals surface area (Å²) in [5, 5.41) is 7.59. The lowest BCUT2D eigenvalue weighted by Crippen LogP contribution is -1.97. The van der Waals surface area contributed by atoms with Gasteiger partial charge in [0.05, 0.1) is 6.04 Å². The van der Waals surface area contributed by atoms with Crippen molar-refractivity contribution >= 4 is 0 Å². The van der Waals surface area contributed by atoms with E-state index in [9.17, 15) is 0 Å². The second kappa shape index (κ2) is 4.75. The first kappa shape index (κ1) is 7.60. The summed E-state index contributed by atoms with van der Waals surface area (Å²) < 4.78 is 0. The molecule has 0 heterocycles. The number of nitrogens with zero attached hydrogens (tertiary/aromatic N) is 2. The lowest BCUT2D eigenvalue weighted by molar-refractivity contribution is 0.624. The standard InChI is InChI=1S/C6H13N2/c1-4-6(5-2)8-7-3/h6H,1,4-5H2,2-3H3. The van der Waals surface area contributed by atoms with Gasteiger partial charge in [0.1, 0.15) is 0 Å². The molecule has 1 atom stereocenters. The van der Waals surface area contributed by atoms with E-state index in [0.717, 1.165) is 12.8 Å². The third-order valence-corrected chi connectivity index (χ3v) is 1.08. The van der Waals surface area contributed by atoms with Crippen LogP contribution in [0.25, 0.3) is 0 Å². The van der Waals surface area contributed by atoms with Crippen LogP contribution in [0.2, 0.25) is 0 Å². The topological polar surface area (TPSA) is 24.7 Å². The molecule has 0 aromatic heterocycles. The molecule has 1 radical (unpaired) electrons. The van der Waals surface area contributed by atoms with Crippen molar-refractivity contribution in [1.29, 1.82) is 0 Å². The van der Waals surface area contributed by atoms with Gasteiger partial charge in [-0.2, -0.15) is 10.2 Å². The van der Waals surface area contributed by atoms with E-state index in [1.807, 2.05) is 0 Å². The molecule has 0 aromatic rings. The summed E-state index contributed by atoms with van der Waals surface area (Å²) >= 11 is 0. The molecule has 0 aromatic carbocycles. The van der Waals surface area contributed by atoms with E-state index in [0.29, 0.717) is 6.04 Å². The van der Waals surface area contributed by atoms with E-state index in [1.165, 1.54) is 0 Å². The van der Waals surface area contributed by atoms with Crippen LogP contribution in [0.1, 0.15) is 19.8 Å². The monoisotopic (exact) mass is 113 g/mol. The molecule has 0 amide bonds. The summed E-state index contributed by atoms with van der Waals surface area (Å²) in [7, 11) is 1.69. The van der Waals surface area contributed by atoms with Gasteiger partial charge in [0, 0.05) is 7.05 Å². The second-order valence-corrected chi connectivity index (χ2v) is 1.67. The Morgan fingerprint density at radius 3 is 2.38 bits per heavy atom.